The number of aryl methyl sites for hydroxylation is 1. The Morgan fingerprint density at radius 1 is 0.966 bits per heavy atom. The Hall–Kier alpha value is -2.59. The number of anilines is 2. The van der Waals surface area contributed by atoms with E-state index in [1.807, 2.05) is 30.3 Å². The van der Waals surface area contributed by atoms with Crippen LogP contribution in [0.3, 0.4) is 0 Å². The second-order valence-corrected chi connectivity index (χ2v) is 9.17. The summed E-state index contributed by atoms with van der Waals surface area (Å²) >= 11 is 2.19. The van der Waals surface area contributed by atoms with Crippen molar-refractivity contribution in [1.29, 1.82) is 0 Å². The van der Waals surface area contributed by atoms with Crippen LogP contribution in [-0.4, -0.2) is 20.9 Å². The van der Waals surface area contributed by atoms with Crippen LogP contribution in [-0.2, 0) is 14.8 Å². The predicted molar refractivity (Wildman–Crippen MR) is 122 cm³/mol. The first-order valence-electron chi connectivity index (χ1n) is 8.70. The minimum absolute atomic E-state index is 0.120. The Bertz CT molecular complexity index is 1100. The van der Waals surface area contributed by atoms with Crippen LogP contribution in [0.1, 0.15) is 5.56 Å². The molecule has 3 aromatic rings. The summed E-state index contributed by atoms with van der Waals surface area (Å²) in [5.74, 6) is 0.148. The first-order valence-corrected chi connectivity index (χ1v) is 11.3. The molecule has 0 radical (unpaired) electrons. The quantitative estimate of drug-likeness (QED) is 0.451. The van der Waals surface area contributed by atoms with Gasteiger partial charge in [0.25, 0.3) is 15.9 Å². The second-order valence-electron chi connectivity index (χ2n) is 6.24. The number of hydrogen-bond acceptors (Lipinski definition) is 4. The maximum atomic E-state index is 12.5. The number of amides is 1. The fourth-order valence-corrected chi connectivity index (χ4v) is 4.05. The summed E-state index contributed by atoms with van der Waals surface area (Å²) in [5, 5.41) is 2.75. The lowest BCUT2D eigenvalue weighted by Gasteiger charge is -2.12. The van der Waals surface area contributed by atoms with Crippen molar-refractivity contribution in [3.63, 3.8) is 0 Å². The topological polar surface area (TPSA) is 84.5 Å². The fourth-order valence-electron chi connectivity index (χ4n) is 2.54. The monoisotopic (exact) mass is 522 g/mol. The number of nitrogens with one attached hydrogen (secondary N) is 2. The van der Waals surface area contributed by atoms with Gasteiger partial charge in [-0.15, -0.1) is 0 Å². The van der Waals surface area contributed by atoms with Gasteiger partial charge in [-0.1, -0.05) is 18.2 Å². The first-order chi connectivity index (χ1) is 13.8. The van der Waals surface area contributed by atoms with Gasteiger partial charge in [0.15, 0.2) is 6.61 Å². The number of rotatable bonds is 7. The Labute approximate surface area is 183 Å². The van der Waals surface area contributed by atoms with Crippen LogP contribution in [0.25, 0.3) is 0 Å². The highest BCUT2D eigenvalue weighted by atomic mass is 127. The van der Waals surface area contributed by atoms with Crippen molar-refractivity contribution in [2.24, 2.45) is 0 Å². The van der Waals surface area contributed by atoms with Crippen LogP contribution in [0.5, 0.6) is 5.75 Å². The van der Waals surface area contributed by atoms with Crippen molar-refractivity contribution in [2.45, 2.75) is 11.8 Å². The summed E-state index contributed by atoms with van der Waals surface area (Å²) in [5.41, 5.74) is 1.78. The third kappa shape index (κ3) is 5.94. The minimum Gasteiger partial charge on any atom is -0.483 e. The molecule has 0 aliphatic rings. The van der Waals surface area contributed by atoms with E-state index in [-0.39, 0.29) is 17.4 Å². The van der Waals surface area contributed by atoms with Crippen molar-refractivity contribution in [3.8, 4) is 5.75 Å². The molecule has 6 nitrogen and oxygen atoms in total. The van der Waals surface area contributed by atoms with Crippen LogP contribution in [0.4, 0.5) is 11.4 Å². The highest BCUT2D eigenvalue weighted by molar-refractivity contribution is 14.1. The Balaban J connectivity index is 1.63. The molecule has 3 aromatic carbocycles. The zero-order valence-electron chi connectivity index (χ0n) is 15.6. The number of carbonyl (C=O) groups excluding carboxylic acids is 1. The molecule has 2 N–H and O–H groups in total. The average Bonchev–Trinajstić information content (AvgIpc) is 2.69. The number of para-hydroxylation sites is 1. The second kappa shape index (κ2) is 9.27. The maximum absolute atomic E-state index is 12.5. The van der Waals surface area contributed by atoms with Gasteiger partial charge in [0.2, 0.25) is 0 Å². The standard InChI is InChI=1S/C21H19IN2O4S/c1-15-13-19(29(26,27)24-18-5-3-2-4-6-18)11-12-20(15)28-14-21(25)23-17-9-7-16(22)8-10-17/h2-13,24H,14H2,1H3,(H,23,25). The van der Waals surface area contributed by atoms with E-state index in [0.29, 0.717) is 22.7 Å². The Morgan fingerprint density at radius 3 is 2.31 bits per heavy atom. The number of halogens is 1. The molecule has 0 saturated heterocycles. The summed E-state index contributed by atoms with van der Waals surface area (Å²) in [6, 6.07) is 20.6. The molecule has 0 fully saturated rings. The van der Waals surface area contributed by atoms with Crippen molar-refractivity contribution in [3.05, 3.63) is 81.9 Å². The molecular weight excluding hydrogens is 503 g/mol. The largest absolute Gasteiger partial charge is 0.483 e. The van der Waals surface area contributed by atoms with Gasteiger partial charge in [-0.3, -0.25) is 9.52 Å². The van der Waals surface area contributed by atoms with Crippen molar-refractivity contribution in [1.82, 2.24) is 0 Å². The molecule has 0 aliphatic heterocycles. The molecule has 0 atom stereocenters. The first kappa shape index (κ1) is 21.1. The van der Waals surface area contributed by atoms with Crippen LogP contribution < -0.4 is 14.8 Å². The van der Waals surface area contributed by atoms with Gasteiger partial charge in [-0.05, 0) is 89.7 Å². The molecule has 150 valence electrons. The highest BCUT2D eigenvalue weighted by Gasteiger charge is 2.16. The Kier molecular flexibility index (Phi) is 6.75. The van der Waals surface area contributed by atoms with E-state index in [1.165, 1.54) is 12.1 Å². The summed E-state index contributed by atoms with van der Waals surface area (Å²) in [7, 11) is -3.71. The molecule has 0 spiro atoms. The molecule has 29 heavy (non-hydrogen) atoms. The summed E-state index contributed by atoms with van der Waals surface area (Å²) in [4.78, 5) is 12.2. The van der Waals surface area contributed by atoms with Crippen molar-refractivity contribution >= 4 is 49.9 Å². The van der Waals surface area contributed by atoms with Gasteiger partial charge in [0.05, 0.1) is 4.90 Å². The lowest BCUT2D eigenvalue weighted by Crippen LogP contribution is -2.20. The summed E-state index contributed by atoms with van der Waals surface area (Å²) in [6.45, 7) is 1.55. The van der Waals surface area contributed by atoms with E-state index in [4.69, 9.17) is 4.74 Å². The zero-order chi connectivity index (χ0) is 20.9. The SMILES string of the molecule is Cc1cc(S(=O)(=O)Nc2ccccc2)ccc1OCC(=O)Nc1ccc(I)cc1. The number of sulfonamides is 1. The number of ether oxygens (including phenoxy) is 1. The van der Waals surface area contributed by atoms with Gasteiger partial charge in [0.1, 0.15) is 5.75 Å². The zero-order valence-corrected chi connectivity index (χ0v) is 18.5. The van der Waals surface area contributed by atoms with Crippen LogP contribution >= 0.6 is 22.6 Å². The van der Waals surface area contributed by atoms with Crippen LogP contribution in [0.2, 0.25) is 0 Å². The van der Waals surface area contributed by atoms with E-state index in [1.54, 1.807) is 37.3 Å². The normalized spacial score (nSPS) is 11.0. The number of benzene rings is 3. The molecule has 8 heteroatoms. The molecule has 0 bridgehead atoms. The van der Waals surface area contributed by atoms with E-state index in [0.717, 1.165) is 3.57 Å². The van der Waals surface area contributed by atoms with Gasteiger partial charge in [-0.25, -0.2) is 8.42 Å². The van der Waals surface area contributed by atoms with E-state index in [2.05, 4.69) is 32.6 Å². The third-order valence-corrected chi connectivity index (χ3v) is 6.07. The lowest BCUT2D eigenvalue weighted by molar-refractivity contribution is -0.118. The molecule has 1 amide bonds. The maximum Gasteiger partial charge on any atom is 0.262 e. The molecule has 0 saturated carbocycles. The van der Waals surface area contributed by atoms with Crippen molar-refractivity contribution in [2.75, 3.05) is 16.6 Å². The number of hydrogen-bond donors (Lipinski definition) is 2. The summed E-state index contributed by atoms with van der Waals surface area (Å²) in [6.07, 6.45) is 0. The number of carbonyl (C=O) groups is 1. The summed E-state index contributed by atoms with van der Waals surface area (Å²) < 4.78 is 34.2. The average molecular weight is 522 g/mol. The smallest absolute Gasteiger partial charge is 0.262 e. The molecule has 0 heterocycles. The third-order valence-electron chi connectivity index (χ3n) is 3.97. The van der Waals surface area contributed by atoms with Gasteiger partial charge < -0.3 is 10.1 Å². The predicted octanol–water partition coefficient (Wildman–Crippen LogP) is 4.42. The lowest BCUT2D eigenvalue weighted by atomic mass is 10.2. The van der Waals surface area contributed by atoms with Crippen molar-refractivity contribution < 1.29 is 17.9 Å². The fraction of sp³-hybridized carbons (Fsp3) is 0.0952. The molecule has 0 aromatic heterocycles. The van der Waals surface area contributed by atoms with Crippen LogP contribution in [0, 0.1) is 10.5 Å². The molecule has 0 unspecified atom stereocenters. The molecular formula is C21H19IN2O4S. The van der Waals surface area contributed by atoms with Gasteiger partial charge in [-0.2, -0.15) is 0 Å². The molecule has 0 aliphatic carbocycles. The van der Waals surface area contributed by atoms with Gasteiger partial charge in [0, 0.05) is 14.9 Å². The van der Waals surface area contributed by atoms with Crippen LogP contribution in [0.15, 0.2) is 77.7 Å². The van der Waals surface area contributed by atoms with E-state index in [9.17, 15) is 13.2 Å². The van der Waals surface area contributed by atoms with E-state index >= 15 is 0 Å². The van der Waals surface area contributed by atoms with E-state index < -0.39 is 10.0 Å². The van der Waals surface area contributed by atoms with Gasteiger partial charge >= 0.3 is 0 Å². The molecule has 3 rings (SSSR count). The minimum atomic E-state index is -3.71. The Morgan fingerprint density at radius 2 is 1.66 bits per heavy atom. The highest BCUT2D eigenvalue weighted by Crippen LogP contribution is 2.23.